The maximum atomic E-state index is 13.5. The van der Waals surface area contributed by atoms with Gasteiger partial charge in [0.25, 0.3) is 0 Å². The summed E-state index contributed by atoms with van der Waals surface area (Å²) in [5.74, 6) is -2.65. The van der Waals surface area contributed by atoms with Crippen molar-refractivity contribution in [2.75, 3.05) is 0 Å². The number of esters is 2. The number of cyclic esters (lactones) is 2. The second kappa shape index (κ2) is 4.22. The minimum Gasteiger partial charge on any atom is -0.393 e. The molecule has 1 fully saturated rings. The summed E-state index contributed by atoms with van der Waals surface area (Å²) in [5, 5.41) is 0.177. The molecule has 0 aliphatic carbocycles. The lowest BCUT2D eigenvalue weighted by atomic mass is 9.92. The van der Waals surface area contributed by atoms with Gasteiger partial charge in [0.15, 0.2) is 0 Å². The Labute approximate surface area is 96.2 Å². The highest BCUT2D eigenvalue weighted by Crippen LogP contribution is 2.33. The third-order valence-electron chi connectivity index (χ3n) is 2.48. The summed E-state index contributed by atoms with van der Waals surface area (Å²) in [4.78, 5) is 22.3. The van der Waals surface area contributed by atoms with Crippen LogP contribution in [0.2, 0.25) is 5.02 Å². The van der Waals surface area contributed by atoms with Crippen molar-refractivity contribution in [3.8, 4) is 0 Å². The quantitative estimate of drug-likeness (QED) is 0.561. The van der Waals surface area contributed by atoms with Gasteiger partial charge < -0.3 is 4.74 Å². The van der Waals surface area contributed by atoms with Gasteiger partial charge in [-0.1, -0.05) is 17.7 Å². The van der Waals surface area contributed by atoms with Crippen LogP contribution in [0.3, 0.4) is 0 Å². The molecule has 0 aromatic heterocycles. The lowest BCUT2D eigenvalue weighted by Gasteiger charge is -2.20. The van der Waals surface area contributed by atoms with Crippen LogP contribution < -0.4 is 0 Å². The van der Waals surface area contributed by atoms with Crippen LogP contribution in [-0.4, -0.2) is 11.9 Å². The monoisotopic (exact) mass is 242 g/mol. The number of benzene rings is 1. The molecule has 5 heteroatoms. The summed E-state index contributed by atoms with van der Waals surface area (Å²) in [6.07, 6.45) is 0.333. The number of ether oxygens (including phenoxy) is 1. The Morgan fingerprint density at radius 3 is 2.75 bits per heavy atom. The topological polar surface area (TPSA) is 43.4 Å². The van der Waals surface area contributed by atoms with Gasteiger partial charge in [-0.15, -0.1) is 0 Å². The molecule has 0 bridgehead atoms. The van der Waals surface area contributed by atoms with Crippen LogP contribution in [-0.2, 0) is 14.3 Å². The van der Waals surface area contributed by atoms with Crippen molar-refractivity contribution >= 4 is 23.5 Å². The Kier molecular flexibility index (Phi) is 2.92. The van der Waals surface area contributed by atoms with Gasteiger partial charge in [0.2, 0.25) is 0 Å². The molecule has 84 valence electrons. The van der Waals surface area contributed by atoms with Gasteiger partial charge in [-0.2, -0.15) is 0 Å². The molecule has 1 aliphatic rings. The Hall–Kier alpha value is -1.42. The third-order valence-corrected chi connectivity index (χ3v) is 2.81. The van der Waals surface area contributed by atoms with E-state index in [9.17, 15) is 14.0 Å². The Bertz CT molecular complexity index is 438. The summed E-state index contributed by atoms with van der Waals surface area (Å²) < 4.78 is 18.0. The first kappa shape index (κ1) is 11.1. The minimum absolute atomic E-state index is 0.0983. The molecule has 1 aliphatic heterocycles. The van der Waals surface area contributed by atoms with E-state index in [2.05, 4.69) is 4.74 Å². The molecule has 1 aromatic carbocycles. The Morgan fingerprint density at radius 2 is 2.12 bits per heavy atom. The van der Waals surface area contributed by atoms with Crippen molar-refractivity contribution in [2.45, 2.75) is 18.8 Å². The summed E-state index contributed by atoms with van der Waals surface area (Å²) in [7, 11) is 0. The van der Waals surface area contributed by atoms with Crippen LogP contribution in [0.4, 0.5) is 4.39 Å². The SMILES string of the molecule is O=C1CCC(c2c(F)cccc2Cl)C(=O)O1. The summed E-state index contributed by atoms with van der Waals surface area (Å²) in [6, 6.07) is 4.19. The molecule has 1 unspecified atom stereocenters. The van der Waals surface area contributed by atoms with E-state index >= 15 is 0 Å². The highest BCUT2D eigenvalue weighted by Gasteiger charge is 2.33. The van der Waals surface area contributed by atoms with Gasteiger partial charge in [-0.05, 0) is 18.6 Å². The van der Waals surface area contributed by atoms with Crippen LogP contribution in [0, 0.1) is 5.82 Å². The van der Waals surface area contributed by atoms with Crippen molar-refractivity contribution < 1.29 is 18.7 Å². The van der Waals surface area contributed by atoms with Gasteiger partial charge >= 0.3 is 11.9 Å². The van der Waals surface area contributed by atoms with E-state index in [0.717, 1.165) is 0 Å². The van der Waals surface area contributed by atoms with E-state index in [4.69, 9.17) is 11.6 Å². The predicted octanol–water partition coefficient (Wildman–Crippen LogP) is 2.43. The molecule has 0 spiro atoms. The highest BCUT2D eigenvalue weighted by atomic mass is 35.5. The third kappa shape index (κ3) is 1.93. The molecule has 3 nitrogen and oxygen atoms in total. The van der Waals surface area contributed by atoms with Gasteiger partial charge in [-0.3, -0.25) is 9.59 Å². The minimum atomic E-state index is -0.786. The zero-order valence-corrected chi connectivity index (χ0v) is 8.96. The van der Waals surface area contributed by atoms with E-state index in [1.807, 2.05) is 0 Å². The number of rotatable bonds is 1. The lowest BCUT2D eigenvalue weighted by molar-refractivity contribution is -0.164. The predicted molar refractivity (Wildman–Crippen MR) is 54.5 cm³/mol. The molecule has 2 rings (SSSR count). The number of carbonyl (C=O) groups is 2. The zero-order chi connectivity index (χ0) is 11.7. The smallest absolute Gasteiger partial charge is 0.321 e. The van der Waals surface area contributed by atoms with E-state index in [1.54, 1.807) is 0 Å². The van der Waals surface area contributed by atoms with Crippen LogP contribution in [0.1, 0.15) is 24.3 Å². The average molecular weight is 243 g/mol. The second-order valence-corrected chi connectivity index (χ2v) is 3.93. The Balaban J connectivity index is 2.37. The van der Waals surface area contributed by atoms with Crippen molar-refractivity contribution in [3.05, 3.63) is 34.6 Å². The van der Waals surface area contributed by atoms with Gasteiger partial charge in [0.1, 0.15) is 5.82 Å². The molecule has 0 amide bonds. The summed E-state index contributed by atoms with van der Waals surface area (Å²) in [5.41, 5.74) is 0.113. The number of hydrogen-bond donors (Lipinski definition) is 0. The molecule has 1 heterocycles. The lowest BCUT2D eigenvalue weighted by Crippen LogP contribution is -2.27. The van der Waals surface area contributed by atoms with E-state index in [0.29, 0.717) is 0 Å². The first-order valence-corrected chi connectivity index (χ1v) is 5.16. The van der Waals surface area contributed by atoms with E-state index in [1.165, 1.54) is 18.2 Å². The van der Waals surface area contributed by atoms with Crippen molar-refractivity contribution in [3.63, 3.8) is 0 Å². The molecule has 16 heavy (non-hydrogen) atoms. The van der Waals surface area contributed by atoms with Crippen molar-refractivity contribution in [2.24, 2.45) is 0 Å². The standard InChI is InChI=1S/C11H8ClFO3/c12-7-2-1-3-8(13)10(7)6-4-5-9(14)16-11(6)15/h1-3,6H,4-5H2. The highest BCUT2D eigenvalue weighted by molar-refractivity contribution is 6.31. The molecule has 0 N–H and O–H groups in total. The van der Waals surface area contributed by atoms with Crippen LogP contribution >= 0.6 is 11.6 Å². The molecule has 0 radical (unpaired) electrons. The van der Waals surface area contributed by atoms with Crippen molar-refractivity contribution in [1.29, 1.82) is 0 Å². The molecule has 1 atom stereocenters. The fraction of sp³-hybridized carbons (Fsp3) is 0.273. The molecular weight excluding hydrogens is 235 g/mol. The van der Waals surface area contributed by atoms with Crippen molar-refractivity contribution in [1.82, 2.24) is 0 Å². The van der Waals surface area contributed by atoms with Gasteiger partial charge in [0.05, 0.1) is 5.92 Å². The average Bonchev–Trinajstić information content (AvgIpc) is 2.20. The molecule has 0 saturated carbocycles. The summed E-state index contributed by atoms with van der Waals surface area (Å²) >= 11 is 5.83. The summed E-state index contributed by atoms with van der Waals surface area (Å²) in [6.45, 7) is 0. The molecular formula is C11H8ClFO3. The molecule has 1 aromatic rings. The van der Waals surface area contributed by atoms with E-state index < -0.39 is 23.7 Å². The zero-order valence-electron chi connectivity index (χ0n) is 8.20. The van der Waals surface area contributed by atoms with Gasteiger partial charge in [0, 0.05) is 17.0 Å². The van der Waals surface area contributed by atoms with E-state index in [-0.39, 0.29) is 23.4 Å². The van der Waals surface area contributed by atoms with Gasteiger partial charge in [-0.25, -0.2) is 4.39 Å². The number of halogens is 2. The fourth-order valence-electron chi connectivity index (χ4n) is 1.72. The van der Waals surface area contributed by atoms with Crippen LogP contribution in [0.15, 0.2) is 18.2 Å². The Morgan fingerprint density at radius 1 is 1.38 bits per heavy atom. The first-order valence-electron chi connectivity index (χ1n) is 4.78. The maximum absolute atomic E-state index is 13.5. The normalized spacial score (nSPS) is 20.8. The number of hydrogen-bond acceptors (Lipinski definition) is 3. The van der Waals surface area contributed by atoms with Crippen LogP contribution in [0.5, 0.6) is 0 Å². The molecule has 1 saturated heterocycles. The van der Waals surface area contributed by atoms with Crippen LogP contribution in [0.25, 0.3) is 0 Å². The fourth-order valence-corrected chi connectivity index (χ4v) is 2.01. The largest absolute Gasteiger partial charge is 0.393 e. The maximum Gasteiger partial charge on any atom is 0.321 e. The second-order valence-electron chi connectivity index (χ2n) is 3.52. The number of carbonyl (C=O) groups excluding carboxylic acids is 2. The first-order chi connectivity index (χ1) is 7.59.